The summed E-state index contributed by atoms with van der Waals surface area (Å²) in [4.78, 5) is 20.9. The Morgan fingerprint density at radius 2 is 2.30 bits per heavy atom. The first kappa shape index (κ1) is 14.2. The highest BCUT2D eigenvalue weighted by molar-refractivity contribution is 7.09. The van der Waals surface area contributed by atoms with E-state index in [0.29, 0.717) is 18.7 Å². The van der Waals surface area contributed by atoms with E-state index in [0.717, 1.165) is 10.4 Å². The molecule has 0 fully saturated rings. The van der Waals surface area contributed by atoms with Crippen LogP contribution in [0.3, 0.4) is 0 Å². The zero-order chi connectivity index (χ0) is 14.2. The lowest BCUT2D eigenvalue weighted by molar-refractivity contribution is 0.0946. The molecule has 0 aliphatic carbocycles. The lowest BCUT2D eigenvalue weighted by Crippen LogP contribution is -2.23. The van der Waals surface area contributed by atoms with E-state index in [1.165, 1.54) is 11.3 Å². The third kappa shape index (κ3) is 4.16. The van der Waals surface area contributed by atoms with Gasteiger partial charge in [0.1, 0.15) is 5.69 Å². The van der Waals surface area contributed by atoms with Gasteiger partial charge in [0.15, 0.2) is 0 Å². The number of rotatable bonds is 4. The standard InChI is InChI=1S/C14H13N3O2S/c18-6-2-1-3-11-4-5-13(16-7-11)14(19)17-9-12-8-15-10-20-12/h4-5,7-8,10,18H,2,6,9H2,(H,17,19). The predicted molar refractivity (Wildman–Crippen MR) is 76.1 cm³/mol. The van der Waals surface area contributed by atoms with Gasteiger partial charge in [-0.1, -0.05) is 11.8 Å². The van der Waals surface area contributed by atoms with Crippen LogP contribution in [0.1, 0.15) is 27.3 Å². The SMILES string of the molecule is O=C(NCc1cncs1)c1ccc(C#CCCO)cn1. The van der Waals surface area contributed by atoms with Gasteiger partial charge in [-0.05, 0) is 12.1 Å². The lowest BCUT2D eigenvalue weighted by Gasteiger charge is -2.02. The van der Waals surface area contributed by atoms with Crippen LogP contribution in [0.4, 0.5) is 0 Å². The van der Waals surface area contributed by atoms with Crippen molar-refractivity contribution in [1.82, 2.24) is 15.3 Å². The molecule has 1 amide bonds. The van der Waals surface area contributed by atoms with Crippen molar-refractivity contribution < 1.29 is 9.90 Å². The van der Waals surface area contributed by atoms with Gasteiger partial charge in [-0.2, -0.15) is 0 Å². The second-order valence-electron chi connectivity index (χ2n) is 3.86. The summed E-state index contributed by atoms with van der Waals surface area (Å²) in [5.41, 5.74) is 2.79. The maximum atomic E-state index is 11.9. The Morgan fingerprint density at radius 3 is 2.95 bits per heavy atom. The number of thiazole rings is 1. The number of aliphatic hydroxyl groups is 1. The molecular weight excluding hydrogens is 274 g/mol. The fourth-order valence-corrected chi connectivity index (χ4v) is 1.94. The number of carbonyl (C=O) groups excluding carboxylic acids is 1. The monoisotopic (exact) mass is 287 g/mol. The van der Waals surface area contributed by atoms with Crippen LogP contribution < -0.4 is 5.32 Å². The van der Waals surface area contributed by atoms with E-state index in [1.54, 1.807) is 30.0 Å². The number of hydrogen-bond donors (Lipinski definition) is 2. The first-order chi connectivity index (χ1) is 9.79. The molecule has 0 saturated carbocycles. The molecule has 0 unspecified atom stereocenters. The smallest absolute Gasteiger partial charge is 0.270 e. The van der Waals surface area contributed by atoms with Crippen molar-refractivity contribution in [3.63, 3.8) is 0 Å². The van der Waals surface area contributed by atoms with Crippen LogP contribution in [0, 0.1) is 11.8 Å². The number of carbonyl (C=O) groups is 1. The van der Waals surface area contributed by atoms with Gasteiger partial charge in [0.2, 0.25) is 0 Å². The molecule has 2 heterocycles. The summed E-state index contributed by atoms with van der Waals surface area (Å²) in [6.07, 6.45) is 3.70. The third-order valence-corrected chi connectivity index (χ3v) is 3.15. The van der Waals surface area contributed by atoms with Gasteiger partial charge in [0, 0.05) is 29.3 Å². The molecule has 102 valence electrons. The molecule has 0 aromatic carbocycles. The lowest BCUT2D eigenvalue weighted by atomic mass is 10.2. The topological polar surface area (TPSA) is 75.1 Å². The first-order valence-corrected chi connectivity index (χ1v) is 6.89. The minimum absolute atomic E-state index is 0.0402. The van der Waals surface area contributed by atoms with E-state index < -0.39 is 0 Å². The predicted octanol–water partition coefficient (Wildman–Crippen LogP) is 1.20. The van der Waals surface area contributed by atoms with Crippen LogP contribution in [0.2, 0.25) is 0 Å². The Bertz CT molecular complexity index is 612. The van der Waals surface area contributed by atoms with Crippen molar-refractivity contribution in [1.29, 1.82) is 0 Å². The Balaban J connectivity index is 1.92. The number of nitrogens with one attached hydrogen (secondary N) is 1. The average Bonchev–Trinajstić information content (AvgIpc) is 2.99. The summed E-state index contributed by atoms with van der Waals surface area (Å²) in [6.45, 7) is 0.488. The highest BCUT2D eigenvalue weighted by Gasteiger charge is 2.06. The summed E-state index contributed by atoms with van der Waals surface area (Å²) in [5.74, 6) is 5.42. The highest BCUT2D eigenvalue weighted by atomic mass is 32.1. The van der Waals surface area contributed by atoms with Crippen LogP contribution >= 0.6 is 11.3 Å². The Hall–Kier alpha value is -2.23. The molecule has 0 saturated heterocycles. The van der Waals surface area contributed by atoms with Crippen LogP contribution in [-0.4, -0.2) is 27.6 Å². The molecule has 2 aromatic rings. The molecule has 0 aliphatic heterocycles. The zero-order valence-electron chi connectivity index (χ0n) is 10.7. The van der Waals surface area contributed by atoms with Gasteiger partial charge in [0.05, 0.1) is 18.7 Å². The van der Waals surface area contributed by atoms with Crippen molar-refractivity contribution in [3.8, 4) is 11.8 Å². The molecule has 0 aliphatic rings. The minimum atomic E-state index is -0.228. The van der Waals surface area contributed by atoms with Gasteiger partial charge < -0.3 is 10.4 Å². The van der Waals surface area contributed by atoms with E-state index >= 15 is 0 Å². The average molecular weight is 287 g/mol. The van der Waals surface area contributed by atoms with Crippen molar-refractivity contribution >= 4 is 17.2 Å². The Kier molecular flexibility index (Phi) is 5.24. The number of hydrogen-bond acceptors (Lipinski definition) is 5. The first-order valence-electron chi connectivity index (χ1n) is 6.01. The molecule has 5 nitrogen and oxygen atoms in total. The number of nitrogens with zero attached hydrogens (tertiary/aromatic N) is 2. The van der Waals surface area contributed by atoms with E-state index in [2.05, 4.69) is 27.1 Å². The van der Waals surface area contributed by atoms with E-state index in [9.17, 15) is 4.79 Å². The number of pyridine rings is 1. The maximum absolute atomic E-state index is 11.9. The molecule has 6 heteroatoms. The minimum Gasteiger partial charge on any atom is -0.395 e. The maximum Gasteiger partial charge on any atom is 0.270 e. The largest absolute Gasteiger partial charge is 0.395 e. The summed E-state index contributed by atoms with van der Waals surface area (Å²) in [7, 11) is 0. The number of amides is 1. The van der Waals surface area contributed by atoms with Crippen LogP contribution in [0.5, 0.6) is 0 Å². The second kappa shape index (κ2) is 7.38. The van der Waals surface area contributed by atoms with Gasteiger partial charge in [0.25, 0.3) is 5.91 Å². The number of aromatic nitrogens is 2. The van der Waals surface area contributed by atoms with Crippen LogP contribution in [0.15, 0.2) is 30.0 Å². The molecule has 0 atom stereocenters. The zero-order valence-corrected chi connectivity index (χ0v) is 11.5. The van der Waals surface area contributed by atoms with Crippen LogP contribution in [-0.2, 0) is 6.54 Å². The van der Waals surface area contributed by atoms with E-state index in [1.807, 2.05) is 0 Å². The summed E-state index contributed by atoms with van der Waals surface area (Å²) < 4.78 is 0. The van der Waals surface area contributed by atoms with Crippen molar-refractivity contribution in [2.24, 2.45) is 0 Å². The van der Waals surface area contributed by atoms with Crippen LogP contribution in [0.25, 0.3) is 0 Å². The van der Waals surface area contributed by atoms with Gasteiger partial charge in [-0.3, -0.25) is 9.78 Å². The fourth-order valence-electron chi connectivity index (χ4n) is 1.41. The second-order valence-corrected chi connectivity index (χ2v) is 4.83. The van der Waals surface area contributed by atoms with Crippen molar-refractivity contribution in [3.05, 3.63) is 46.2 Å². The Labute approximate surface area is 120 Å². The normalized spacial score (nSPS) is 9.65. The van der Waals surface area contributed by atoms with Crippen molar-refractivity contribution in [2.75, 3.05) is 6.61 Å². The van der Waals surface area contributed by atoms with Gasteiger partial charge >= 0.3 is 0 Å². The highest BCUT2D eigenvalue weighted by Crippen LogP contribution is 2.05. The molecule has 0 bridgehead atoms. The molecule has 20 heavy (non-hydrogen) atoms. The third-order valence-electron chi connectivity index (χ3n) is 2.37. The fraction of sp³-hybridized carbons (Fsp3) is 0.214. The number of aliphatic hydroxyl groups excluding tert-OH is 1. The molecular formula is C14H13N3O2S. The quantitative estimate of drug-likeness (QED) is 0.829. The molecule has 2 N–H and O–H groups in total. The van der Waals surface area contributed by atoms with Gasteiger partial charge in [-0.25, -0.2) is 4.98 Å². The summed E-state index contributed by atoms with van der Waals surface area (Å²) in [6, 6.07) is 3.37. The van der Waals surface area contributed by atoms with Gasteiger partial charge in [-0.15, -0.1) is 11.3 Å². The Morgan fingerprint density at radius 1 is 1.40 bits per heavy atom. The summed E-state index contributed by atoms with van der Waals surface area (Å²) in [5, 5.41) is 11.4. The van der Waals surface area contributed by atoms with E-state index in [4.69, 9.17) is 5.11 Å². The molecule has 2 aromatic heterocycles. The molecule has 0 spiro atoms. The summed E-state index contributed by atoms with van der Waals surface area (Å²) >= 11 is 1.49. The molecule has 2 rings (SSSR count). The van der Waals surface area contributed by atoms with Crippen molar-refractivity contribution in [2.45, 2.75) is 13.0 Å². The van der Waals surface area contributed by atoms with E-state index in [-0.39, 0.29) is 12.5 Å². The molecule has 0 radical (unpaired) electrons.